The van der Waals surface area contributed by atoms with Crippen molar-refractivity contribution in [2.24, 2.45) is 10.7 Å². The second-order valence-electron chi connectivity index (χ2n) is 5.90. The van der Waals surface area contributed by atoms with Crippen LogP contribution in [0.25, 0.3) is 0 Å². The topological polar surface area (TPSA) is 50.4 Å². The number of aliphatic imine (C=N–C) groups is 1. The normalized spacial score (nSPS) is 20.4. The summed E-state index contributed by atoms with van der Waals surface area (Å²) in [7, 11) is 0. The summed E-state index contributed by atoms with van der Waals surface area (Å²) in [4.78, 5) is 4.54. The van der Waals surface area contributed by atoms with Crippen molar-refractivity contribution in [3.8, 4) is 0 Å². The van der Waals surface area contributed by atoms with Gasteiger partial charge < -0.3 is 11.1 Å². The molecule has 1 aromatic rings. The summed E-state index contributed by atoms with van der Waals surface area (Å²) in [5.41, 5.74) is 10.0. The minimum Gasteiger partial charge on any atom is -0.370 e. The van der Waals surface area contributed by atoms with Gasteiger partial charge in [0.25, 0.3) is 0 Å². The van der Waals surface area contributed by atoms with Gasteiger partial charge in [-0.3, -0.25) is 4.99 Å². The largest absolute Gasteiger partial charge is 0.370 e. The summed E-state index contributed by atoms with van der Waals surface area (Å²) < 4.78 is 0.351. The van der Waals surface area contributed by atoms with Gasteiger partial charge in [-0.15, -0.1) is 0 Å². The van der Waals surface area contributed by atoms with E-state index >= 15 is 0 Å². The molecule has 20 heavy (non-hydrogen) atoms. The number of aryl methyl sites for hydroxylation is 2. The van der Waals surface area contributed by atoms with Crippen LogP contribution in [-0.2, 0) is 12.8 Å². The Hall–Kier alpha value is -1.16. The first kappa shape index (κ1) is 13.8. The van der Waals surface area contributed by atoms with Crippen LogP contribution < -0.4 is 11.1 Å². The Morgan fingerprint density at radius 3 is 2.80 bits per heavy atom. The van der Waals surface area contributed by atoms with Crippen molar-refractivity contribution in [1.29, 1.82) is 0 Å². The molecule has 0 atom stereocenters. The van der Waals surface area contributed by atoms with Crippen molar-refractivity contribution in [1.82, 2.24) is 0 Å². The highest BCUT2D eigenvalue weighted by molar-refractivity contribution is 8.00. The van der Waals surface area contributed by atoms with E-state index in [-0.39, 0.29) is 0 Å². The molecule has 3 N–H and O–H groups in total. The number of guanidine groups is 1. The van der Waals surface area contributed by atoms with E-state index in [4.69, 9.17) is 5.73 Å². The van der Waals surface area contributed by atoms with E-state index in [0.717, 1.165) is 12.2 Å². The first-order valence-electron chi connectivity index (χ1n) is 7.45. The number of fused-ring (bicyclic) bond motifs is 1. The third kappa shape index (κ3) is 2.80. The molecule has 0 saturated heterocycles. The monoisotopic (exact) mass is 289 g/mol. The Morgan fingerprint density at radius 1 is 1.30 bits per heavy atom. The number of benzene rings is 1. The molecule has 1 aromatic carbocycles. The van der Waals surface area contributed by atoms with Crippen molar-refractivity contribution >= 4 is 23.4 Å². The molecule has 2 aliphatic rings. The lowest BCUT2D eigenvalue weighted by atomic mass is 9.84. The summed E-state index contributed by atoms with van der Waals surface area (Å²) in [5, 5.41) is 3.23. The van der Waals surface area contributed by atoms with Crippen LogP contribution in [-0.4, -0.2) is 23.5 Å². The molecule has 0 aromatic heterocycles. The highest BCUT2D eigenvalue weighted by Gasteiger charge is 2.35. The van der Waals surface area contributed by atoms with Gasteiger partial charge >= 0.3 is 0 Å². The number of rotatable bonds is 4. The average molecular weight is 289 g/mol. The lowest BCUT2D eigenvalue weighted by molar-refractivity contribution is 0.372. The maximum Gasteiger partial charge on any atom is 0.193 e. The molecule has 0 spiro atoms. The lowest BCUT2D eigenvalue weighted by Gasteiger charge is -2.39. The quantitative estimate of drug-likeness (QED) is 0.661. The molecule has 0 radical (unpaired) electrons. The number of nitrogens with one attached hydrogen (secondary N) is 1. The van der Waals surface area contributed by atoms with E-state index in [1.54, 1.807) is 0 Å². The summed E-state index contributed by atoms with van der Waals surface area (Å²) >= 11 is 1.93. The van der Waals surface area contributed by atoms with Crippen LogP contribution in [0.5, 0.6) is 0 Å². The highest BCUT2D eigenvalue weighted by Crippen LogP contribution is 2.42. The predicted molar refractivity (Wildman–Crippen MR) is 88.7 cm³/mol. The Morgan fingerprint density at radius 2 is 2.10 bits per heavy atom. The maximum absolute atomic E-state index is 6.02. The summed E-state index contributed by atoms with van der Waals surface area (Å²) in [6.07, 6.45) is 9.73. The molecule has 0 amide bonds. The molecule has 0 bridgehead atoms. The fraction of sp³-hybridized carbons (Fsp3) is 0.562. The first-order chi connectivity index (χ1) is 9.71. The average Bonchev–Trinajstić information content (AvgIpc) is 2.85. The van der Waals surface area contributed by atoms with Crippen LogP contribution in [0.15, 0.2) is 23.2 Å². The van der Waals surface area contributed by atoms with Crippen LogP contribution in [0.3, 0.4) is 0 Å². The van der Waals surface area contributed by atoms with Gasteiger partial charge in [-0.2, -0.15) is 11.8 Å². The first-order valence-corrected chi connectivity index (χ1v) is 8.67. The van der Waals surface area contributed by atoms with E-state index in [2.05, 4.69) is 34.8 Å². The molecular formula is C16H23N3S. The molecule has 1 fully saturated rings. The fourth-order valence-corrected chi connectivity index (χ4v) is 3.95. The molecule has 0 aliphatic heterocycles. The molecule has 0 heterocycles. The van der Waals surface area contributed by atoms with Crippen LogP contribution in [0.1, 0.15) is 36.8 Å². The molecule has 3 rings (SSSR count). The van der Waals surface area contributed by atoms with Crippen LogP contribution in [0.4, 0.5) is 5.69 Å². The van der Waals surface area contributed by atoms with Gasteiger partial charge in [0.1, 0.15) is 0 Å². The Kier molecular flexibility index (Phi) is 3.92. The van der Waals surface area contributed by atoms with Crippen LogP contribution >= 0.6 is 11.8 Å². The molecule has 0 unspecified atom stereocenters. The zero-order valence-corrected chi connectivity index (χ0v) is 12.9. The van der Waals surface area contributed by atoms with E-state index in [9.17, 15) is 0 Å². The molecular weight excluding hydrogens is 266 g/mol. The van der Waals surface area contributed by atoms with Gasteiger partial charge in [-0.05, 0) is 61.6 Å². The third-order valence-electron chi connectivity index (χ3n) is 4.61. The number of nitrogens with zero attached hydrogens (tertiary/aromatic N) is 1. The smallest absolute Gasteiger partial charge is 0.193 e. The Bertz CT molecular complexity index is 515. The van der Waals surface area contributed by atoms with E-state index in [1.807, 2.05) is 11.8 Å². The molecule has 3 nitrogen and oxygen atoms in total. The molecule has 4 heteroatoms. The third-order valence-corrected chi connectivity index (χ3v) is 6.01. The van der Waals surface area contributed by atoms with Crippen molar-refractivity contribution in [2.75, 3.05) is 18.1 Å². The number of hydrogen-bond donors (Lipinski definition) is 2. The predicted octanol–water partition coefficient (Wildman–Crippen LogP) is 3.19. The SMILES string of the molecule is CSC1(CN=C(N)Nc2ccc3c(c2)CCC3)CCC1. The van der Waals surface area contributed by atoms with Crippen molar-refractivity contribution in [3.63, 3.8) is 0 Å². The minimum atomic E-state index is 0.351. The summed E-state index contributed by atoms with van der Waals surface area (Å²) in [5.74, 6) is 0.545. The van der Waals surface area contributed by atoms with E-state index in [1.165, 1.54) is 49.7 Å². The van der Waals surface area contributed by atoms with Gasteiger partial charge in [-0.1, -0.05) is 12.5 Å². The number of thioether (sulfide) groups is 1. The van der Waals surface area contributed by atoms with Crippen molar-refractivity contribution < 1.29 is 0 Å². The molecule has 108 valence electrons. The second-order valence-corrected chi connectivity index (χ2v) is 7.18. The van der Waals surface area contributed by atoms with Crippen molar-refractivity contribution in [2.45, 2.75) is 43.3 Å². The number of anilines is 1. The van der Waals surface area contributed by atoms with Crippen LogP contribution in [0, 0.1) is 0 Å². The Balaban J connectivity index is 1.62. The van der Waals surface area contributed by atoms with E-state index < -0.39 is 0 Å². The second kappa shape index (κ2) is 5.68. The Labute approximate surface area is 125 Å². The fourth-order valence-electron chi connectivity index (χ4n) is 3.06. The number of nitrogens with two attached hydrogens (primary N) is 1. The summed E-state index contributed by atoms with van der Waals surface area (Å²) in [6, 6.07) is 6.55. The van der Waals surface area contributed by atoms with E-state index in [0.29, 0.717) is 10.7 Å². The van der Waals surface area contributed by atoms with Gasteiger partial charge in [0, 0.05) is 10.4 Å². The highest BCUT2D eigenvalue weighted by atomic mass is 32.2. The van der Waals surface area contributed by atoms with Gasteiger partial charge in [0.05, 0.1) is 6.54 Å². The minimum absolute atomic E-state index is 0.351. The molecule has 2 aliphatic carbocycles. The van der Waals surface area contributed by atoms with Crippen molar-refractivity contribution in [3.05, 3.63) is 29.3 Å². The van der Waals surface area contributed by atoms with Gasteiger partial charge in [-0.25, -0.2) is 0 Å². The molecule has 1 saturated carbocycles. The maximum atomic E-state index is 6.02. The van der Waals surface area contributed by atoms with Crippen LogP contribution in [0.2, 0.25) is 0 Å². The lowest BCUT2D eigenvalue weighted by Crippen LogP contribution is -2.37. The summed E-state index contributed by atoms with van der Waals surface area (Å²) in [6.45, 7) is 0.831. The standard InChI is InChI=1S/C16H23N3S/c1-20-16(8-3-9-16)11-18-15(17)19-14-7-6-12-4-2-5-13(12)10-14/h6-7,10H,2-5,8-9,11H2,1H3,(H3,17,18,19). The zero-order chi connectivity index (χ0) is 14.0. The zero-order valence-electron chi connectivity index (χ0n) is 12.1. The van der Waals surface area contributed by atoms with Gasteiger partial charge in [0.15, 0.2) is 5.96 Å². The number of hydrogen-bond acceptors (Lipinski definition) is 2. The van der Waals surface area contributed by atoms with Gasteiger partial charge in [0.2, 0.25) is 0 Å².